The number of benzene rings is 1. The first-order valence-corrected chi connectivity index (χ1v) is 9.87. The lowest BCUT2D eigenvalue weighted by molar-refractivity contribution is -0.139. The molecule has 1 heterocycles. The summed E-state index contributed by atoms with van der Waals surface area (Å²) in [5.74, 6) is -2.28. The number of thiophene rings is 1. The third-order valence-electron chi connectivity index (χ3n) is 3.37. The van der Waals surface area contributed by atoms with Crippen LogP contribution in [0.2, 0.25) is 0 Å². The topological polar surface area (TPSA) is 92.3 Å². The molecule has 2 N–H and O–H groups in total. The van der Waals surface area contributed by atoms with E-state index in [1.165, 1.54) is 23.5 Å². The molecule has 0 aliphatic carbocycles. The molecule has 0 bridgehead atoms. The molecule has 0 radical (unpaired) electrons. The Bertz CT molecular complexity index is 834. The highest BCUT2D eigenvalue weighted by Gasteiger charge is 2.31. The van der Waals surface area contributed by atoms with E-state index < -0.39 is 32.7 Å². The van der Waals surface area contributed by atoms with Gasteiger partial charge in [-0.25, -0.2) is 12.8 Å². The minimum atomic E-state index is -3.88. The number of nitrogens with one attached hydrogen (secondary N) is 2. The van der Waals surface area contributed by atoms with Crippen molar-refractivity contribution in [3.63, 3.8) is 0 Å². The molecule has 2 aromatic rings. The Labute approximate surface area is 149 Å². The number of carbonyl (C=O) groups is 2. The van der Waals surface area contributed by atoms with Crippen molar-refractivity contribution >= 4 is 33.0 Å². The molecule has 2 amide bonds. The molecule has 134 valence electrons. The smallest absolute Gasteiger partial charge is 0.309 e. The fraction of sp³-hybridized carbons (Fsp3) is 0.250. The number of amides is 2. The summed E-state index contributed by atoms with van der Waals surface area (Å²) in [6.45, 7) is 1.68. The molecule has 25 heavy (non-hydrogen) atoms. The van der Waals surface area contributed by atoms with E-state index in [0.29, 0.717) is 4.88 Å². The van der Waals surface area contributed by atoms with Crippen LogP contribution in [0.3, 0.4) is 0 Å². The van der Waals surface area contributed by atoms with Gasteiger partial charge in [-0.1, -0.05) is 6.07 Å². The fourth-order valence-corrected chi connectivity index (χ4v) is 4.92. The van der Waals surface area contributed by atoms with Crippen LogP contribution in [0.5, 0.6) is 0 Å². The van der Waals surface area contributed by atoms with E-state index in [0.717, 1.165) is 12.1 Å². The van der Waals surface area contributed by atoms with Crippen LogP contribution in [0, 0.1) is 5.82 Å². The number of hydrogen-bond acceptors (Lipinski definition) is 5. The minimum Gasteiger partial charge on any atom is -0.348 e. The van der Waals surface area contributed by atoms with Gasteiger partial charge in [0.25, 0.3) is 0 Å². The molecule has 1 aromatic carbocycles. The third kappa shape index (κ3) is 4.64. The molecular weight excluding hydrogens is 367 g/mol. The molecule has 2 rings (SSSR count). The van der Waals surface area contributed by atoms with Crippen molar-refractivity contribution in [2.24, 2.45) is 0 Å². The molecule has 0 saturated carbocycles. The van der Waals surface area contributed by atoms with Gasteiger partial charge in [0.15, 0.2) is 9.84 Å². The number of carbonyl (C=O) groups excluding carboxylic acids is 2. The van der Waals surface area contributed by atoms with Gasteiger partial charge in [0, 0.05) is 18.0 Å². The van der Waals surface area contributed by atoms with E-state index in [-0.39, 0.29) is 18.0 Å². The first-order chi connectivity index (χ1) is 11.9. The van der Waals surface area contributed by atoms with Crippen molar-refractivity contribution in [3.8, 4) is 0 Å². The van der Waals surface area contributed by atoms with Crippen LogP contribution in [0.15, 0.2) is 46.7 Å². The Balaban J connectivity index is 2.26. The zero-order chi connectivity index (χ0) is 18.4. The molecule has 0 aliphatic rings. The van der Waals surface area contributed by atoms with Crippen molar-refractivity contribution in [3.05, 3.63) is 52.5 Å². The summed E-state index contributed by atoms with van der Waals surface area (Å²) in [5.41, 5.74) is 0. The summed E-state index contributed by atoms with van der Waals surface area (Å²) in [7, 11) is -3.88. The van der Waals surface area contributed by atoms with Crippen molar-refractivity contribution in [2.75, 3.05) is 13.1 Å². The Morgan fingerprint density at radius 1 is 1.12 bits per heavy atom. The lowest BCUT2D eigenvalue weighted by Crippen LogP contribution is -2.42. The number of halogens is 1. The van der Waals surface area contributed by atoms with E-state index >= 15 is 0 Å². The first kappa shape index (κ1) is 19.1. The van der Waals surface area contributed by atoms with Gasteiger partial charge < -0.3 is 10.6 Å². The van der Waals surface area contributed by atoms with Gasteiger partial charge in [0.1, 0.15) is 11.1 Å². The average molecular weight is 384 g/mol. The molecule has 9 heteroatoms. The second-order valence-electron chi connectivity index (χ2n) is 5.07. The van der Waals surface area contributed by atoms with Crippen LogP contribution in [-0.2, 0) is 19.4 Å². The maximum Gasteiger partial charge on any atom is 0.309 e. The van der Waals surface area contributed by atoms with E-state index in [1.54, 1.807) is 24.4 Å². The van der Waals surface area contributed by atoms with Gasteiger partial charge in [-0.15, -0.1) is 11.3 Å². The molecule has 0 spiro atoms. The summed E-state index contributed by atoms with van der Waals surface area (Å²) >= 11 is 1.22. The molecule has 0 aliphatic heterocycles. The molecule has 0 saturated heterocycles. The maximum absolute atomic E-state index is 13.1. The van der Waals surface area contributed by atoms with E-state index in [4.69, 9.17) is 0 Å². The predicted molar refractivity (Wildman–Crippen MR) is 92.3 cm³/mol. The molecular formula is C16H17FN2O4S2. The van der Waals surface area contributed by atoms with Crippen LogP contribution in [0.25, 0.3) is 0 Å². The third-order valence-corrected chi connectivity index (χ3v) is 6.60. The van der Waals surface area contributed by atoms with Crippen LogP contribution >= 0.6 is 11.3 Å². The molecule has 0 unspecified atom stereocenters. The zero-order valence-electron chi connectivity index (χ0n) is 13.4. The van der Waals surface area contributed by atoms with Crippen molar-refractivity contribution in [1.29, 1.82) is 0 Å². The SMILES string of the molecule is CCNC(=O)C(=O)NC[C@H](c1cccs1)S(=O)(=O)c1ccc(F)cc1. The summed E-state index contributed by atoms with van der Waals surface area (Å²) in [5, 5.41) is 5.33. The fourth-order valence-electron chi connectivity index (χ4n) is 2.13. The summed E-state index contributed by atoms with van der Waals surface area (Å²) in [6, 6.07) is 7.80. The van der Waals surface area contributed by atoms with Gasteiger partial charge in [-0.2, -0.15) is 0 Å². The lowest BCUT2D eigenvalue weighted by atomic mass is 10.3. The van der Waals surface area contributed by atoms with Gasteiger partial charge in [-0.3, -0.25) is 9.59 Å². The first-order valence-electron chi connectivity index (χ1n) is 7.45. The molecule has 6 nitrogen and oxygen atoms in total. The molecule has 1 atom stereocenters. The van der Waals surface area contributed by atoms with Crippen LogP contribution in [0.1, 0.15) is 17.1 Å². The second-order valence-corrected chi connectivity index (χ2v) is 8.18. The summed E-state index contributed by atoms with van der Waals surface area (Å²) in [6.07, 6.45) is 0. The van der Waals surface area contributed by atoms with Gasteiger partial charge in [-0.05, 0) is 42.6 Å². The van der Waals surface area contributed by atoms with E-state index in [2.05, 4.69) is 10.6 Å². The van der Waals surface area contributed by atoms with Crippen molar-refractivity contribution < 1.29 is 22.4 Å². The average Bonchev–Trinajstić information content (AvgIpc) is 3.09. The Hall–Kier alpha value is -2.26. The summed E-state index contributed by atoms with van der Waals surface area (Å²) in [4.78, 5) is 23.7. The van der Waals surface area contributed by atoms with Gasteiger partial charge >= 0.3 is 11.8 Å². The number of hydrogen-bond donors (Lipinski definition) is 2. The van der Waals surface area contributed by atoms with Crippen molar-refractivity contribution in [1.82, 2.24) is 10.6 Å². The maximum atomic E-state index is 13.1. The molecule has 0 fully saturated rings. The monoisotopic (exact) mass is 384 g/mol. The lowest BCUT2D eigenvalue weighted by Gasteiger charge is -2.17. The highest BCUT2D eigenvalue weighted by atomic mass is 32.2. The van der Waals surface area contributed by atoms with Crippen LogP contribution in [-0.4, -0.2) is 33.3 Å². The second kappa shape index (κ2) is 8.21. The van der Waals surface area contributed by atoms with Crippen LogP contribution in [0.4, 0.5) is 4.39 Å². The Morgan fingerprint density at radius 3 is 2.32 bits per heavy atom. The predicted octanol–water partition coefficient (Wildman–Crippen LogP) is 1.65. The number of likely N-dealkylation sites (N-methyl/N-ethyl adjacent to an activating group) is 1. The zero-order valence-corrected chi connectivity index (χ0v) is 15.0. The standard InChI is InChI=1S/C16H17FN2O4S2/c1-2-18-15(20)16(21)19-10-14(13-4-3-9-24-13)25(22,23)12-7-5-11(17)6-8-12/h3-9,14H,2,10H2,1H3,(H,18,20)(H,19,21)/t14-/m1/s1. The normalized spacial score (nSPS) is 12.4. The minimum absolute atomic E-state index is 0.0560. The quantitative estimate of drug-likeness (QED) is 0.585. The van der Waals surface area contributed by atoms with Crippen LogP contribution < -0.4 is 10.6 Å². The summed E-state index contributed by atoms with van der Waals surface area (Å²) < 4.78 is 38.8. The molecule has 1 aromatic heterocycles. The van der Waals surface area contributed by atoms with Gasteiger partial charge in [0.2, 0.25) is 0 Å². The highest BCUT2D eigenvalue weighted by Crippen LogP contribution is 2.31. The Morgan fingerprint density at radius 2 is 1.76 bits per heavy atom. The highest BCUT2D eigenvalue weighted by molar-refractivity contribution is 7.91. The Kier molecular flexibility index (Phi) is 6.27. The van der Waals surface area contributed by atoms with E-state index in [1.807, 2.05) is 0 Å². The number of sulfone groups is 1. The van der Waals surface area contributed by atoms with Crippen molar-refractivity contribution in [2.45, 2.75) is 17.1 Å². The largest absolute Gasteiger partial charge is 0.348 e. The van der Waals surface area contributed by atoms with E-state index in [9.17, 15) is 22.4 Å². The number of rotatable bonds is 6. The van der Waals surface area contributed by atoms with Gasteiger partial charge in [0.05, 0.1) is 4.90 Å².